The number of methoxy groups -OCH3 is 1. The molecule has 0 radical (unpaired) electrons. The van der Waals surface area contributed by atoms with E-state index in [4.69, 9.17) is 4.74 Å². The number of amides is 1. The summed E-state index contributed by atoms with van der Waals surface area (Å²) in [5, 5.41) is 2.86. The van der Waals surface area contributed by atoms with E-state index in [2.05, 4.69) is 10.0 Å². The molecule has 0 unspecified atom stereocenters. The molecule has 6 nitrogen and oxygen atoms in total. The van der Waals surface area contributed by atoms with Gasteiger partial charge < -0.3 is 10.1 Å². The molecule has 134 valence electrons. The molecule has 0 bridgehead atoms. The van der Waals surface area contributed by atoms with E-state index >= 15 is 0 Å². The number of carbonyl (C=O) groups is 1. The molecule has 0 saturated carbocycles. The van der Waals surface area contributed by atoms with Gasteiger partial charge in [0, 0.05) is 17.8 Å². The largest absolute Gasteiger partial charge is 0.497 e. The molecule has 2 rings (SSSR count). The third kappa shape index (κ3) is 6.46. The van der Waals surface area contributed by atoms with Crippen molar-refractivity contribution in [1.29, 1.82) is 0 Å². The molecule has 1 amide bonds. The summed E-state index contributed by atoms with van der Waals surface area (Å²) in [7, 11) is -1.68. The van der Waals surface area contributed by atoms with Crippen molar-refractivity contribution in [2.45, 2.75) is 12.8 Å². The fraction of sp³-hybridized carbons (Fsp3) is 0.278. The summed E-state index contributed by atoms with van der Waals surface area (Å²) in [6.07, 6.45) is 2.73. The zero-order valence-electron chi connectivity index (χ0n) is 14.3. The first kappa shape index (κ1) is 18.8. The SMILES string of the molecule is COc1cccc(CCCNC(=O)c2ccc(NS(C)(=O)=O)cc2)c1. The molecule has 0 spiro atoms. The quantitative estimate of drug-likeness (QED) is 0.707. The normalized spacial score (nSPS) is 11.0. The van der Waals surface area contributed by atoms with E-state index in [1.165, 1.54) is 0 Å². The molecule has 0 saturated heterocycles. The number of benzene rings is 2. The van der Waals surface area contributed by atoms with E-state index in [1.54, 1.807) is 31.4 Å². The molecule has 0 aliphatic heterocycles. The molecule has 0 aliphatic rings. The molecule has 0 atom stereocenters. The molecule has 2 aromatic rings. The van der Waals surface area contributed by atoms with Crippen LogP contribution in [0.2, 0.25) is 0 Å². The summed E-state index contributed by atoms with van der Waals surface area (Å²) < 4.78 is 29.8. The standard InChI is InChI=1S/C18H22N2O4S/c1-24-17-7-3-5-14(13-17)6-4-12-19-18(21)15-8-10-16(11-9-15)20-25(2,22)23/h3,5,7-11,13,20H,4,6,12H2,1-2H3,(H,19,21). The number of aryl methyl sites for hydroxylation is 1. The van der Waals surface area contributed by atoms with Crippen LogP contribution in [0.3, 0.4) is 0 Å². The molecule has 7 heteroatoms. The van der Waals surface area contributed by atoms with Crippen molar-refractivity contribution in [2.24, 2.45) is 0 Å². The predicted octanol–water partition coefficient (Wildman–Crippen LogP) is 2.43. The number of ether oxygens (including phenoxy) is 1. The summed E-state index contributed by atoms with van der Waals surface area (Å²) in [5.74, 6) is 0.640. The van der Waals surface area contributed by atoms with Gasteiger partial charge in [0.2, 0.25) is 10.0 Å². The van der Waals surface area contributed by atoms with Crippen LogP contribution in [0.25, 0.3) is 0 Å². The lowest BCUT2D eigenvalue weighted by atomic mass is 10.1. The van der Waals surface area contributed by atoms with Crippen molar-refractivity contribution in [2.75, 3.05) is 24.6 Å². The van der Waals surface area contributed by atoms with Crippen molar-refractivity contribution < 1.29 is 17.9 Å². The second-order valence-corrected chi connectivity index (χ2v) is 7.41. The van der Waals surface area contributed by atoms with Crippen LogP contribution in [0.1, 0.15) is 22.3 Å². The second-order valence-electron chi connectivity index (χ2n) is 5.66. The molecule has 0 fully saturated rings. The van der Waals surface area contributed by atoms with Crippen molar-refractivity contribution in [3.8, 4) is 5.75 Å². The number of hydrogen-bond acceptors (Lipinski definition) is 4. The summed E-state index contributed by atoms with van der Waals surface area (Å²) in [6, 6.07) is 14.1. The van der Waals surface area contributed by atoms with E-state index in [1.807, 2.05) is 24.3 Å². The van der Waals surface area contributed by atoms with Crippen LogP contribution in [0.15, 0.2) is 48.5 Å². The molecule has 0 heterocycles. The van der Waals surface area contributed by atoms with Gasteiger partial charge in [0.1, 0.15) is 5.75 Å². The van der Waals surface area contributed by atoms with Gasteiger partial charge in [0.15, 0.2) is 0 Å². The van der Waals surface area contributed by atoms with Gasteiger partial charge in [0.05, 0.1) is 13.4 Å². The van der Waals surface area contributed by atoms with Gasteiger partial charge >= 0.3 is 0 Å². The average Bonchev–Trinajstić information content (AvgIpc) is 2.58. The lowest BCUT2D eigenvalue weighted by Gasteiger charge is -2.08. The summed E-state index contributed by atoms with van der Waals surface area (Å²) in [4.78, 5) is 12.1. The van der Waals surface area contributed by atoms with E-state index in [0.717, 1.165) is 30.4 Å². The lowest BCUT2D eigenvalue weighted by Crippen LogP contribution is -2.24. The topological polar surface area (TPSA) is 84.5 Å². The maximum absolute atomic E-state index is 12.1. The maximum atomic E-state index is 12.1. The summed E-state index contributed by atoms with van der Waals surface area (Å²) >= 11 is 0. The molecular weight excluding hydrogens is 340 g/mol. The minimum atomic E-state index is -3.32. The third-order valence-corrected chi connectivity index (χ3v) is 4.12. The van der Waals surface area contributed by atoms with Gasteiger partial charge in [0.25, 0.3) is 5.91 Å². The molecule has 2 aromatic carbocycles. The van der Waals surface area contributed by atoms with Crippen molar-refractivity contribution in [3.63, 3.8) is 0 Å². The van der Waals surface area contributed by atoms with Crippen molar-refractivity contribution in [1.82, 2.24) is 5.32 Å². The Balaban J connectivity index is 1.80. The van der Waals surface area contributed by atoms with Gasteiger partial charge in [-0.2, -0.15) is 0 Å². The fourth-order valence-corrected chi connectivity index (χ4v) is 2.89. The Hall–Kier alpha value is -2.54. The maximum Gasteiger partial charge on any atom is 0.251 e. The van der Waals surface area contributed by atoms with Crippen molar-refractivity contribution in [3.05, 3.63) is 59.7 Å². The molecule has 0 aliphatic carbocycles. The molecule has 2 N–H and O–H groups in total. The zero-order chi connectivity index (χ0) is 18.3. The average molecular weight is 362 g/mol. The number of anilines is 1. The molecule has 0 aromatic heterocycles. The van der Waals surface area contributed by atoms with Crippen LogP contribution in [-0.2, 0) is 16.4 Å². The minimum absolute atomic E-state index is 0.184. The van der Waals surface area contributed by atoms with E-state index < -0.39 is 10.0 Å². The van der Waals surface area contributed by atoms with Crippen LogP contribution >= 0.6 is 0 Å². The number of hydrogen-bond donors (Lipinski definition) is 2. The van der Waals surface area contributed by atoms with Gasteiger partial charge in [-0.05, 0) is 54.8 Å². The van der Waals surface area contributed by atoms with Crippen LogP contribution in [0.5, 0.6) is 5.75 Å². The van der Waals surface area contributed by atoms with Crippen LogP contribution < -0.4 is 14.8 Å². The monoisotopic (exact) mass is 362 g/mol. The predicted molar refractivity (Wildman–Crippen MR) is 98.6 cm³/mol. The zero-order valence-corrected chi connectivity index (χ0v) is 15.1. The van der Waals surface area contributed by atoms with Crippen LogP contribution in [0, 0.1) is 0 Å². The summed E-state index contributed by atoms with van der Waals surface area (Å²) in [5.41, 5.74) is 2.07. The highest BCUT2D eigenvalue weighted by Crippen LogP contribution is 2.14. The second kappa shape index (κ2) is 8.53. The highest BCUT2D eigenvalue weighted by molar-refractivity contribution is 7.92. The summed E-state index contributed by atoms with van der Waals surface area (Å²) in [6.45, 7) is 0.555. The lowest BCUT2D eigenvalue weighted by molar-refractivity contribution is 0.0953. The van der Waals surface area contributed by atoms with E-state index in [0.29, 0.717) is 17.8 Å². The molecule has 25 heavy (non-hydrogen) atoms. The Morgan fingerprint density at radius 1 is 1.12 bits per heavy atom. The van der Waals surface area contributed by atoms with E-state index in [-0.39, 0.29) is 5.91 Å². The smallest absolute Gasteiger partial charge is 0.251 e. The number of sulfonamides is 1. The van der Waals surface area contributed by atoms with Crippen molar-refractivity contribution >= 4 is 21.6 Å². The first-order valence-electron chi connectivity index (χ1n) is 7.86. The Kier molecular flexibility index (Phi) is 6.41. The first-order valence-corrected chi connectivity index (χ1v) is 9.75. The number of carbonyl (C=O) groups excluding carboxylic acids is 1. The Morgan fingerprint density at radius 2 is 1.84 bits per heavy atom. The van der Waals surface area contributed by atoms with Gasteiger partial charge in [-0.25, -0.2) is 8.42 Å². The van der Waals surface area contributed by atoms with Gasteiger partial charge in [-0.3, -0.25) is 9.52 Å². The van der Waals surface area contributed by atoms with Crippen LogP contribution in [-0.4, -0.2) is 34.2 Å². The highest BCUT2D eigenvalue weighted by atomic mass is 32.2. The highest BCUT2D eigenvalue weighted by Gasteiger charge is 2.06. The molecular formula is C18H22N2O4S. The Morgan fingerprint density at radius 3 is 2.48 bits per heavy atom. The fourth-order valence-electron chi connectivity index (χ4n) is 2.33. The minimum Gasteiger partial charge on any atom is -0.497 e. The third-order valence-electron chi connectivity index (χ3n) is 3.51. The van der Waals surface area contributed by atoms with Gasteiger partial charge in [-0.1, -0.05) is 12.1 Å². The Labute approximate surface area is 148 Å². The van der Waals surface area contributed by atoms with Crippen LogP contribution in [0.4, 0.5) is 5.69 Å². The van der Waals surface area contributed by atoms with E-state index in [9.17, 15) is 13.2 Å². The van der Waals surface area contributed by atoms with Gasteiger partial charge in [-0.15, -0.1) is 0 Å². The Bertz CT molecular complexity index is 817. The first-order chi connectivity index (χ1) is 11.9. The number of nitrogens with one attached hydrogen (secondary N) is 2. The number of rotatable bonds is 8.